The summed E-state index contributed by atoms with van der Waals surface area (Å²) < 4.78 is 0. The third-order valence-electron chi connectivity index (χ3n) is 3.50. The summed E-state index contributed by atoms with van der Waals surface area (Å²) >= 11 is 4.98. The minimum atomic E-state index is -0.00801. The van der Waals surface area contributed by atoms with Gasteiger partial charge in [0.25, 0.3) is 5.91 Å². The third kappa shape index (κ3) is 3.55. The van der Waals surface area contributed by atoms with Crippen LogP contribution in [-0.4, -0.2) is 33.9 Å². The Bertz CT molecular complexity index is 671. The van der Waals surface area contributed by atoms with Gasteiger partial charge in [-0.05, 0) is 31.2 Å². The van der Waals surface area contributed by atoms with Crippen LogP contribution in [0.3, 0.4) is 0 Å². The molecule has 2 rings (SSSR count). The number of aromatic nitrogens is 1. The number of carbonyl (C=O) groups excluding carboxylic acids is 1. The standard InChI is InChI=1S/C16H19N3OS/c1-3-19(10-11(2)15(17)21)16(20)13-6-7-14-12(9-13)5-4-8-18-14/h4-9,11H,3,10H2,1-2H3,(H2,17,21). The van der Waals surface area contributed by atoms with Crippen molar-refractivity contribution >= 4 is 34.0 Å². The monoisotopic (exact) mass is 301 g/mol. The van der Waals surface area contributed by atoms with Crippen LogP contribution in [-0.2, 0) is 0 Å². The predicted octanol–water partition coefficient (Wildman–Crippen LogP) is 2.62. The molecule has 0 aliphatic carbocycles. The quantitative estimate of drug-likeness (QED) is 0.863. The van der Waals surface area contributed by atoms with Gasteiger partial charge in [0.2, 0.25) is 0 Å². The summed E-state index contributed by atoms with van der Waals surface area (Å²) in [6.07, 6.45) is 1.74. The molecule has 2 aromatic rings. The maximum atomic E-state index is 12.6. The Morgan fingerprint density at radius 3 is 2.86 bits per heavy atom. The van der Waals surface area contributed by atoms with Crippen molar-refractivity contribution in [2.24, 2.45) is 11.7 Å². The van der Waals surface area contributed by atoms with Crippen molar-refractivity contribution in [3.05, 3.63) is 42.1 Å². The van der Waals surface area contributed by atoms with E-state index in [1.807, 2.05) is 44.2 Å². The second kappa shape index (κ2) is 6.63. The summed E-state index contributed by atoms with van der Waals surface area (Å²) in [6, 6.07) is 9.37. The Labute approximate surface area is 130 Å². The molecule has 2 N–H and O–H groups in total. The third-order valence-corrected chi connectivity index (χ3v) is 3.90. The van der Waals surface area contributed by atoms with Crippen molar-refractivity contribution in [1.82, 2.24) is 9.88 Å². The molecule has 0 aliphatic rings. The summed E-state index contributed by atoms with van der Waals surface area (Å²) in [5.41, 5.74) is 7.18. The topological polar surface area (TPSA) is 59.2 Å². The number of nitrogens with two attached hydrogens (primary N) is 1. The molecule has 0 aliphatic heterocycles. The highest BCUT2D eigenvalue weighted by Gasteiger charge is 2.18. The number of carbonyl (C=O) groups is 1. The average molecular weight is 301 g/mol. The van der Waals surface area contributed by atoms with Crippen molar-refractivity contribution in [2.45, 2.75) is 13.8 Å². The van der Waals surface area contributed by atoms with E-state index < -0.39 is 0 Å². The highest BCUT2D eigenvalue weighted by atomic mass is 32.1. The van der Waals surface area contributed by atoms with Gasteiger partial charge in [-0.3, -0.25) is 9.78 Å². The van der Waals surface area contributed by atoms with Gasteiger partial charge in [-0.1, -0.05) is 25.2 Å². The molecular weight excluding hydrogens is 282 g/mol. The van der Waals surface area contributed by atoms with Gasteiger partial charge in [-0.25, -0.2) is 0 Å². The molecule has 1 atom stereocenters. The molecule has 0 saturated carbocycles. The van der Waals surface area contributed by atoms with Crippen LogP contribution in [0, 0.1) is 5.92 Å². The van der Waals surface area contributed by atoms with Gasteiger partial charge in [0.15, 0.2) is 0 Å². The lowest BCUT2D eigenvalue weighted by Gasteiger charge is -2.24. The van der Waals surface area contributed by atoms with E-state index in [2.05, 4.69) is 4.98 Å². The van der Waals surface area contributed by atoms with Crippen LogP contribution in [0.2, 0.25) is 0 Å². The molecule has 1 aromatic heterocycles. The number of rotatable bonds is 5. The first-order valence-corrected chi connectivity index (χ1v) is 7.37. The van der Waals surface area contributed by atoms with E-state index in [0.717, 1.165) is 10.9 Å². The lowest BCUT2D eigenvalue weighted by Crippen LogP contribution is -2.38. The fraction of sp³-hybridized carbons (Fsp3) is 0.312. The van der Waals surface area contributed by atoms with Crippen LogP contribution in [0.1, 0.15) is 24.2 Å². The van der Waals surface area contributed by atoms with Gasteiger partial charge in [0.05, 0.1) is 10.5 Å². The summed E-state index contributed by atoms with van der Waals surface area (Å²) in [5.74, 6) is -0.00243. The van der Waals surface area contributed by atoms with E-state index in [4.69, 9.17) is 18.0 Å². The zero-order chi connectivity index (χ0) is 15.4. The molecule has 4 nitrogen and oxygen atoms in total. The summed E-state index contributed by atoms with van der Waals surface area (Å²) in [4.78, 5) is 19.1. The Morgan fingerprint density at radius 1 is 1.43 bits per heavy atom. The largest absolute Gasteiger partial charge is 0.393 e. The van der Waals surface area contributed by atoms with Gasteiger partial charge in [0, 0.05) is 36.2 Å². The van der Waals surface area contributed by atoms with Gasteiger partial charge in [0.1, 0.15) is 0 Å². The normalized spacial score (nSPS) is 12.1. The first-order valence-electron chi connectivity index (χ1n) is 6.96. The van der Waals surface area contributed by atoms with Crippen LogP contribution in [0.4, 0.5) is 0 Å². The van der Waals surface area contributed by atoms with E-state index >= 15 is 0 Å². The van der Waals surface area contributed by atoms with Crippen molar-refractivity contribution in [3.63, 3.8) is 0 Å². The fourth-order valence-corrected chi connectivity index (χ4v) is 2.24. The van der Waals surface area contributed by atoms with E-state index in [1.54, 1.807) is 11.1 Å². The fourth-order valence-electron chi connectivity index (χ4n) is 2.17. The van der Waals surface area contributed by atoms with E-state index in [1.165, 1.54) is 0 Å². The lowest BCUT2D eigenvalue weighted by atomic mass is 10.1. The molecule has 0 radical (unpaired) electrons. The van der Waals surface area contributed by atoms with Gasteiger partial charge in [-0.15, -0.1) is 0 Å². The average Bonchev–Trinajstić information content (AvgIpc) is 2.51. The van der Waals surface area contributed by atoms with Crippen molar-refractivity contribution < 1.29 is 4.79 Å². The second-order valence-corrected chi connectivity index (χ2v) is 5.53. The Hall–Kier alpha value is -2.01. The molecule has 110 valence electrons. The summed E-state index contributed by atoms with van der Waals surface area (Å²) in [7, 11) is 0. The van der Waals surface area contributed by atoms with Crippen LogP contribution in [0.25, 0.3) is 10.9 Å². The van der Waals surface area contributed by atoms with Crippen LogP contribution in [0.5, 0.6) is 0 Å². The highest BCUT2D eigenvalue weighted by Crippen LogP contribution is 2.15. The zero-order valence-corrected chi connectivity index (χ0v) is 13.1. The molecule has 0 fully saturated rings. The summed E-state index contributed by atoms with van der Waals surface area (Å²) in [6.45, 7) is 5.04. The molecule has 1 aromatic carbocycles. The van der Waals surface area contributed by atoms with Crippen LogP contribution in [0.15, 0.2) is 36.5 Å². The maximum Gasteiger partial charge on any atom is 0.253 e. The molecule has 1 unspecified atom stereocenters. The molecule has 0 bridgehead atoms. The number of hydrogen-bond donors (Lipinski definition) is 1. The molecule has 0 saturated heterocycles. The number of nitrogens with zero attached hydrogens (tertiary/aromatic N) is 2. The maximum absolute atomic E-state index is 12.6. The van der Waals surface area contributed by atoms with Crippen LogP contribution < -0.4 is 5.73 Å². The van der Waals surface area contributed by atoms with E-state index in [9.17, 15) is 4.79 Å². The van der Waals surface area contributed by atoms with Gasteiger partial charge in [-0.2, -0.15) is 0 Å². The van der Waals surface area contributed by atoms with E-state index in [-0.39, 0.29) is 11.8 Å². The Kier molecular flexibility index (Phi) is 4.85. The predicted molar refractivity (Wildman–Crippen MR) is 89.3 cm³/mol. The number of pyridine rings is 1. The molecule has 1 heterocycles. The minimum Gasteiger partial charge on any atom is -0.393 e. The smallest absolute Gasteiger partial charge is 0.253 e. The van der Waals surface area contributed by atoms with Crippen molar-refractivity contribution in [1.29, 1.82) is 0 Å². The molecule has 21 heavy (non-hydrogen) atoms. The number of fused-ring (bicyclic) bond motifs is 1. The SMILES string of the molecule is CCN(CC(C)C(N)=S)C(=O)c1ccc2ncccc2c1. The van der Waals surface area contributed by atoms with Crippen LogP contribution >= 0.6 is 12.2 Å². The molecular formula is C16H19N3OS. The van der Waals surface area contributed by atoms with Crippen molar-refractivity contribution in [2.75, 3.05) is 13.1 Å². The Balaban J connectivity index is 2.24. The van der Waals surface area contributed by atoms with Gasteiger partial charge < -0.3 is 10.6 Å². The molecule has 5 heteroatoms. The van der Waals surface area contributed by atoms with Crippen molar-refractivity contribution in [3.8, 4) is 0 Å². The zero-order valence-electron chi connectivity index (χ0n) is 12.2. The van der Waals surface area contributed by atoms with Gasteiger partial charge >= 0.3 is 0 Å². The first kappa shape index (κ1) is 15.4. The molecule has 0 spiro atoms. The molecule has 1 amide bonds. The summed E-state index contributed by atoms with van der Waals surface area (Å²) in [5, 5.41) is 0.960. The number of amides is 1. The number of thiocarbonyl (C=S) groups is 1. The minimum absolute atomic E-state index is 0.00558. The second-order valence-electron chi connectivity index (χ2n) is 5.06. The van der Waals surface area contributed by atoms with E-state index in [0.29, 0.717) is 23.6 Å². The number of hydrogen-bond acceptors (Lipinski definition) is 3. The highest BCUT2D eigenvalue weighted by molar-refractivity contribution is 7.80. The Morgan fingerprint density at radius 2 is 2.19 bits per heavy atom. The lowest BCUT2D eigenvalue weighted by molar-refractivity contribution is 0.0755. The first-order chi connectivity index (χ1) is 10.0. The number of benzene rings is 1.